The van der Waals surface area contributed by atoms with Crippen LogP contribution in [0.5, 0.6) is 0 Å². The molecular weight excluding hydrogens is 354 g/mol. The van der Waals surface area contributed by atoms with E-state index < -0.39 is 5.41 Å². The lowest BCUT2D eigenvalue weighted by molar-refractivity contribution is -0.159. The molecule has 2 unspecified atom stereocenters. The molecule has 0 saturated carbocycles. The summed E-state index contributed by atoms with van der Waals surface area (Å²) in [6.45, 7) is 7.69. The van der Waals surface area contributed by atoms with Crippen LogP contribution in [0, 0.1) is 5.41 Å². The maximum absolute atomic E-state index is 12.8. The van der Waals surface area contributed by atoms with Gasteiger partial charge >= 0.3 is 5.97 Å². The summed E-state index contributed by atoms with van der Waals surface area (Å²) in [4.78, 5) is 15.2. The molecule has 0 N–H and O–H groups in total. The summed E-state index contributed by atoms with van der Waals surface area (Å²) >= 11 is 0. The van der Waals surface area contributed by atoms with Gasteiger partial charge in [-0.25, -0.2) is 0 Å². The average molecular weight is 386 g/mol. The van der Waals surface area contributed by atoms with E-state index in [2.05, 4.69) is 29.7 Å². The number of carbonyl (C=O) groups excluding carboxylic acids is 1. The first-order chi connectivity index (χ1) is 13.7. The van der Waals surface area contributed by atoms with E-state index in [1.807, 2.05) is 13.0 Å². The van der Waals surface area contributed by atoms with Gasteiger partial charge in [0.05, 0.1) is 18.1 Å². The minimum absolute atomic E-state index is 0.0293. The quantitative estimate of drug-likeness (QED) is 0.451. The van der Waals surface area contributed by atoms with E-state index in [0.717, 1.165) is 44.4 Å². The Morgan fingerprint density at radius 3 is 3.04 bits per heavy atom. The average Bonchev–Trinajstić information content (AvgIpc) is 2.74. The first kappa shape index (κ1) is 20.5. The van der Waals surface area contributed by atoms with Crippen molar-refractivity contribution in [3.05, 3.63) is 61.0 Å². The van der Waals surface area contributed by atoms with Crippen molar-refractivity contribution in [2.75, 3.05) is 19.7 Å². The van der Waals surface area contributed by atoms with Crippen LogP contribution in [0.25, 0.3) is 0 Å². The van der Waals surface area contributed by atoms with Gasteiger partial charge in [0.1, 0.15) is 18.8 Å². The zero-order chi connectivity index (χ0) is 19.8. The maximum atomic E-state index is 12.8. The van der Waals surface area contributed by atoms with Crippen LogP contribution in [0.2, 0.25) is 0 Å². The molecule has 5 heteroatoms. The Kier molecular flexibility index (Phi) is 7.15. The fourth-order valence-electron chi connectivity index (χ4n) is 4.32. The fraction of sp³-hybridized carbons (Fsp3) is 0.522. The Bertz CT molecular complexity index is 691. The van der Waals surface area contributed by atoms with Crippen LogP contribution in [0.4, 0.5) is 0 Å². The number of rotatable bonds is 8. The fourth-order valence-corrected chi connectivity index (χ4v) is 4.32. The van der Waals surface area contributed by atoms with Gasteiger partial charge in [0.2, 0.25) is 0 Å². The van der Waals surface area contributed by atoms with E-state index in [4.69, 9.17) is 14.2 Å². The molecule has 0 amide bonds. The molecule has 0 radical (unpaired) electrons. The van der Waals surface area contributed by atoms with Gasteiger partial charge in [-0.1, -0.05) is 29.9 Å². The summed E-state index contributed by atoms with van der Waals surface area (Å²) in [5.74, 6) is 0.670. The lowest BCUT2D eigenvalue weighted by atomic mass is 9.76. The van der Waals surface area contributed by atoms with Crippen molar-refractivity contribution in [1.29, 1.82) is 0 Å². The highest BCUT2D eigenvalue weighted by atomic mass is 16.5. The van der Waals surface area contributed by atoms with E-state index in [9.17, 15) is 4.79 Å². The van der Waals surface area contributed by atoms with Gasteiger partial charge in [0.25, 0.3) is 0 Å². The number of piperidine rings is 1. The van der Waals surface area contributed by atoms with Crippen LogP contribution in [-0.4, -0.2) is 36.6 Å². The predicted molar refractivity (Wildman–Crippen MR) is 109 cm³/mol. The summed E-state index contributed by atoms with van der Waals surface area (Å²) in [7, 11) is 0. The summed E-state index contributed by atoms with van der Waals surface area (Å²) in [6.07, 6.45) is 18.5. The molecule has 5 nitrogen and oxygen atoms in total. The Morgan fingerprint density at radius 1 is 1.46 bits per heavy atom. The Balaban J connectivity index is 1.84. The minimum Gasteiger partial charge on any atom is -0.466 e. The van der Waals surface area contributed by atoms with Crippen LogP contribution < -0.4 is 0 Å². The molecule has 0 aromatic heterocycles. The molecular formula is C23H31NO4. The van der Waals surface area contributed by atoms with Crippen LogP contribution in [0.3, 0.4) is 0 Å². The third-order valence-electron chi connectivity index (χ3n) is 5.70. The number of allylic oxidation sites excluding steroid dienone is 4. The SMILES string of the molecule is C=CCC1(C(=O)OCC)CCCN(C(CC2=CC=CCC2)C2=COC=CO2)C1. The van der Waals surface area contributed by atoms with Gasteiger partial charge in [0.15, 0.2) is 5.76 Å². The summed E-state index contributed by atoms with van der Waals surface area (Å²) in [5, 5.41) is 0. The van der Waals surface area contributed by atoms with E-state index in [-0.39, 0.29) is 12.0 Å². The molecule has 2 heterocycles. The van der Waals surface area contributed by atoms with Gasteiger partial charge in [0, 0.05) is 6.54 Å². The second-order valence-electron chi connectivity index (χ2n) is 7.63. The zero-order valence-electron chi connectivity index (χ0n) is 16.8. The molecule has 1 saturated heterocycles. The molecule has 152 valence electrons. The lowest BCUT2D eigenvalue weighted by Crippen LogP contribution is -2.52. The third kappa shape index (κ3) is 4.76. The molecule has 3 rings (SSSR count). The van der Waals surface area contributed by atoms with Gasteiger partial charge in [-0.2, -0.15) is 0 Å². The normalized spacial score (nSPS) is 25.8. The molecule has 28 heavy (non-hydrogen) atoms. The molecule has 3 aliphatic rings. The molecule has 0 bridgehead atoms. The van der Waals surface area contributed by atoms with Crippen LogP contribution >= 0.6 is 0 Å². The van der Waals surface area contributed by atoms with Crippen LogP contribution in [0.15, 0.2) is 61.0 Å². The first-order valence-electron chi connectivity index (χ1n) is 10.2. The predicted octanol–water partition coefficient (Wildman–Crippen LogP) is 4.60. The largest absolute Gasteiger partial charge is 0.466 e. The Labute approximate surface area is 168 Å². The number of likely N-dealkylation sites (tertiary alicyclic amines) is 1. The van der Waals surface area contributed by atoms with Crippen molar-refractivity contribution in [1.82, 2.24) is 4.90 Å². The van der Waals surface area contributed by atoms with Gasteiger partial charge in [-0.3, -0.25) is 9.69 Å². The molecule has 2 atom stereocenters. The number of esters is 1. The standard InChI is InChI=1S/C23H31NO4/c1-3-11-23(22(25)27-4-2)12-8-13-24(18-23)20(21-17-26-14-15-28-21)16-19-9-6-5-7-10-19/h3,5-6,9,14-15,17,20H,1,4,7-8,10-13,16,18H2,2H3. The minimum atomic E-state index is -0.541. The van der Waals surface area contributed by atoms with E-state index in [0.29, 0.717) is 19.6 Å². The third-order valence-corrected chi connectivity index (χ3v) is 5.70. The van der Waals surface area contributed by atoms with E-state index >= 15 is 0 Å². The van der Waals surface area contributed by atoms with Crippen molar-refractivity contribution in [3.8, 4) is 0 Å². The van der Waals surface area contributed by atoms with Crippen molar-refractivity contribution in [2.24, 2.45) is 5.41 Å². The summed E-state index contributed by atoms with van der Waals surface area (Å²) in [6, 6.07) is 0.0293. The highest BCUT2D eigenvalue weighted by Crippen LogP contribution is 2.38. The van der Waals surface area contributed by atoms with Gasteiger partial charge in [-0.15, -0.1) is 6.58 Å². The lowest BCUT2D eigenvalue weighted by Gasteiger charge is -2.44. The number of carbonyl (C=O) groups is 1. The molecule has 1 fully saturated rings. The molecule has 1 aliphatic carbocycles. The molecule has 0 aromatic carbocycles. The maximum Gasteiger partial charge on any atom is 0.313 e. The zero-order valence-corrected chi connectivity index (χ0v) is 16.8. The summed E-state index contributed by atoms with van der Waals surface area (Å²) in [5.41, 5.74) is 0.851. The van der Waals surface area contributed by atoms with E-state index in [1.54, 1.807) is 12.5 Å². The van der Waals surface area contributed by atoms with E-state index in [1.165, 1.54) is 11.8 Å². The Morgan fingerprint density at radius 2 is 2.36 bits per heavy atom. The van der Waals surface area contributed by atoms with Crippen LogP contribution in [-0.2, 0) is 19.0 Å². The van der Waals surface area contributed by atoms with Gasteiger partial charge in [-0.05, 0) is 52.0 Å². The topological polar surface area (TPSA) is 48.0 Å². The second kappa shape index (κ2) is 9.78. The number of hydrogen-bond donors (Lipinski definition) is 0. The smallest absolute Gasteiger partial charge is 0.313 e. The number of ether oxygens (including phenoxy) is 3. The van der Waals surface area contributed by atoms with Crippen molar-refractivity contribution >= 4 is 5.97 Å². The first-order valence-corrected chi connectivity index (χ1v) is 10.2. The molecule has 0 aromatic rings. The Hall–Kier alpha value is -2.27. The second-order valence-corrected chi connectivity index (χ2v) is 7.63. The molecule has 2 aliphatic heterocycles. The van der Waals surface area contributed by atoms with Gasteiger partial charge < -0.3 is 14.2 Å². The number of nitrogens with zero attached hydrogens (tertiary/aromatic N) is 1. The van der Waals surface area contributed by atoms with Crippen molar-refractivity contribution < 1.29 is 19.0 Å². The number of hydrogen-bond acceptors (Lipinski definition) is 5. The highest BCUT2D eigenvalue weighted by molar-refractivity contribution is 5.77. The molecule has 0 spiro atoms. The van der Waals surface area contributed by atoms with Crippen LogP contribution in [0.1, 0.15) is 45.4 Å². The highest BCUT2D eigenvalue weighted by Gasteiger charge is 2.45. The summed E-state index contributed by atoms with van der Waals surface area (Å²) < 4.78 is 16.6. The van der Waals surface area contributed by atoms with Crippen molar-refractivity contribution in [3.63, 3.8) is 0 Å². The van der Waals surface area contributed by atoms with Crippen molar-refractivity contribution in [2.45, 2.75) is 51.5 Å². The monoisotopic (exact) mass is 385 g/mol.